The number of nitrogens with two attached hydrogens (primary N) is 1. The summed E-state index contributed by atoms with van der Waals surface area (Å²) in [5.41, 5.74) is 5.52. The van der Waals surface area contributed by atoms with E-state index in [1.165, 1.54) is 0 Å². The van der Waals surface area contributed by atoms with E-state index in [0.717, 1.165) is 33.3 Å². The van der Waals surface area contributed by atoms with E-state index < -0.39 is 0 Å². The molecule has 3 aromatic rings. The van der Waals surface area contributed by atoms with Crippen molar-refractivity contribution in [2.45, 2.75) is 10.9 Å². The Hall–Kier alpha value is -2.25. The third kappa shape index (κ3) is 3.09. The smallest absolute Gasteiger partial charge is 0.166 e. The fourth-order valence-electron chi connectivity index (χ4n) is 1.91. The molecule has 2 heterocycles. The quantitative estimate of drug-likeness (QED) is 0.381. The normalized spacial score (nSPS) is 10.8. The van der Waals surface area contributed by atoms with Crippen molar-refractivity contribution in [1.29, 1.82) is 0 Å². The molecule has 0 aliphatic carbocycles. The van der Waals surface area contributed by atoms with Crippen molar-refractivity contribution < 1.29 is 4.74 Å². The van der Waals surface area contributed by atoms with Gasteiger partial charge in [0.1, 0.15) is 11.6 Å². The number of aromatic nitrogens is 3. The van der Waals surface area contributed by atoms with Crippen LogP contribution in [0, 0.1) is 0 Å². The first-order chi connectivity index (χ1) is 10.3. The molecule has 0 aliphatic rings. The molecule has 0 fully saturated rings. The molecule has 0 radical (unpaired) electrons. The topological polar surface area (TPSA) is 88.8 Å². The second-order valence-corrected chi connectivity index (χ2v) is 5.37. The summed E-state index contributed by atoms with van der Waals surface area (Å²) < 4.78 is 5.20. The Labute approximate surface area is 126 Å². The summed E-state index contributed by atoms with van der Waals surface area (Å²) in [5.74, 6) is 7.54. The molecule has 0 unspecified atom stereocenters. The predicted molar refractivity (Wildman–Crippen MR) is 84.3 cm³/mol. The van der Waals surface area contributed by atoms with E-state index in [1.807, 2.05) is 30.3 Å². The van der Waals surface area contributed by atoms with Crippen LogP contribution in [-0.4, -0.2) is 22.1 Å². The van der Waals surface area contributed by atoms with Crippen LogP contribution in [0.3, 0.4) is 0 Å². The number of aromatic amines is 1. The lowest BCUT2D eigenvalue weighted by molar-refractivity contribution is 0.415. The Balaban J connectivity index is 1.72. The number of anilines is 1. The van der Waals surface area contributed by atoms with E-state index >= 15 is 0 Å². The first kappa shape index (κ1) is 13.7. The first-order valence-corrected chi connectivity index (χ1v) is 7.35. The molecule has 0 atom stereocenters. The Morgan fingerprint density at radius 2 is 2.24 bits per heavy atom. The summed E-state index contributed by atoms with van der Waals surface area (Å²) in [7, 11) is 1.65. The van der Waals surface area contributed by atoms with Gasteiger partial charge in [0.15, 0.2) is 5.16 Å². The Bertz CT molecular complexity index is 741. The SMILES string of the molecule is COc1ccc2nc(SCc3ccc(NN)nc3)[nH]c2c1. The summed E-state index contributed by atoms with van der Waals surface area (Å²) in [6.45, 7) is 0. The number of benzene rings is 1. The molecule has 4 N–H and O–H groups in total. The van der Waals surface area contributed by atoms with Crippen LogP contribution in [0.15, 0.2) is 41.7 Å². The van der Waals surface area contributed by atoms with Crippen molar-refractivity contribution in [3.8, 4) is 5.75 Å². The zero-order valence-electron chi connectivity index (χ0n) is 11.5. The fourth-order valence-corrected chi connectivity index (χ4v) is 2.73. The highest BCUT2D eigenvalue weighted by molar-refractivity contribution is 7.98. The molecule has 0 bridgehead atoms. The molecule has 3 rings (SSSR count). The number of ether oxygens (including phenoxy) is 1. The third-order valence-electron chi connectivity index (χ3n) is 3.02. The van der Waals surface area contributed by atoms with Crippen LogP contribution in [0.25, 0.3) is 11.0 Å². The van der Waals surface area contributed by atoms with Crippen molar-refractivity contribution in [3.63, 3.8) is 0 Å². The lowest BCUT2D eigenvalue weighted by Gasteiger charge is -2.01. The molecule has 0 amide bonds. The molecule has 0 spiro atoms. The molecule has 108 valence electrons. The van der Waals surface area contributed by atoms with Gasteiger partial charge in [-0.2, -0.15) is 0 Å². The summed E-state index contributed by atoms with van der Waals surface area (Å²) >= 11 is 1.63. The van der Waals surface area contributed by atoms with E-state index in [9.17, 15) is 0 Å². The number of imidazole rings is 1. The maximum atomic E-state index is 5.29. The summed E-state index contributed by atoms with van der Waals surface area (Å²) in [4.78, 5) is 12.0. The van der Waals surface area contributed by atoms with Crippen LogP contribution in [0.1, 0.15) is 5.56 Å². The molecule has 0 aliphatic heterocycles. The molecule has 2 aromatic heterocycles. The van der Waals surface area contributed by atoms with Gasteiger partial charge in [-0.3, -0.25) is 0 Å². The van der Waals surface area contributed by atoms with Crippen LogP contribution < -0.4 is 16.0 Å². The number of nitrogens with one attached hydrogen (secondary N) is 2. The summed E-state index contributed by atoms with van der Waals surface area (Å²) in [6.07, 6.45) is 1.80. The van der Waals surface area contributed by atoms with Crippen LogP contribution in [-0.2, 0) is 5.75 Å². The molecule has 7 heteroatoms. The van der Waals surface area contributed by atoms with Crippen molar-refractivity contribution in [2.24, 2.45) is 5.84 Å². The highest BCUT2D eigenvalue weighted by Crippen LogP contribution is 2.25. The van der Waals surface area contributed by atoms with Gasteiger partial charge < -0.3 is 15.1 Å². The van der Waals surface area contributed by atoms with Gasteiger partial charge in [-0.05, 0) is 23.8 Å². The van der Waals surface area contributed by atoms with Gasteiger partial charge in [-0.15, -0.1) is 0 Å². The minimum atomic E-state index is 0.652. The van der Waals surface area contributed by atoms with Gasteiger partial charge >= 0.3 is 0 Å². The van der Waals surface area contributed by atoms with Crippen molar-refractivity contribution in [3.05, 3.63) is 42.1 Å². The predicted octanol–water partition coefficient (Wildman–Crippen LogP) is 2.54. The molecule has 0 saturated carbocycles. The molecular weight excluding hydrogens is 286 g/mol. The van der Waals surface area contributed by atoms with E-state index in [0.29, 0.717) is 5.82 Å². The second-order valence-electron chi connectivity index (χ2n) is 4.41. The van der Waals surface area contributed by atoms with Gasteiger partial charge in [0.05, 0.1) is 18.1 Å². The number of nitrogens with zero attached hydrogens (tertiary/aromatic N) is 2. The fraction of sp³-hybridized carbons (Fsp3) is 0.143. The van der Waals surface area contributed by atoms with Crippen molar-refractivity contribution in [1.82, 2.24) is 15.0 Å². The minimum absolute atomic E-state index is 0.652. The Morgan fingerprint density at radius 1 is 1.33 bits per heavy atom. The minimum Gasteiger partial charge on any atom is -0.497 e. The lowest BCUT2D eigenvalue weighted by atomic mass is 10.3. The van der Waals surface area contributed by atoms with Crippen LogP contribution in [0.5, 0.6) is 5.75 Å². The number of hydrogen-bond donors (Lipinski definition) is 3. The van der Waals surface area contributed by atoms with Gasteiger partial charge in [0, 0.05) is 18.0 Å². The number of pyridine rings is 1. The monoisotopic (exact) mass is 301 g/mol. The zero-order chi connectivity index (χ0) is 14.7. The zero-order valence-corrected chi connectivity index (χ0v) is 12.3. The van der Waals surface area contributed by atoms with E-state index in [4.69, 9.17) is 10.6 Å². The van der Waals surface area contributed by atoms with E-state index in [1.54, 1.807) is 25.1 Å². The maximum absolute atomic E-state index is 5.29. The highest BCUT2D eigenvalue weighted by atomic mass is 32.2. The number of nitrogen functional groups attached to an aromatic ring is 1. The van der Waals surface area contributed by atoms with Crippen molar-refractivity contribution >= 4 is 28.6 Å². The molecular formula is C14H15N5OS. The first-order valence-electron chi connectivity index (χ1n) is 6.36. The number of H-pyrrole nitrogens is 1. The molecule has 6 nitrogen and oxygen atoms in total. The van der Waals surface area contributed by atoms with Gasteiger partial charge in [-0.25, -0.2) is 15.8 Å². The third-order valence-corrected chi connectivity index (χ3v) is 3.96. The van der Waals surface area contributed by atoms with Gasteiger partial charge in [-0.1, -0.05) is 17.8 Å². The van der Waals surface area contributed by atoms with E-state index in [2.05, 4.69) is 20.4 Å². The average molecular weight is 301 g/mol. The maximum Gasteiger partial charge on any atom is 0.166 e. The van der Waals surface area contributed by atoms with Crippen LogP contribution in [0.2, 0.25) is 0 Å². The molecule has 21 heavy (non-hydrogen) atoms. The summed E-state index contributed by atoms with van der Waals surface area (Å²) in [6, 6.07) is 9.62. The van der Waals surface area contributed by atoms with Gasteiger partial charge in [0.25, 0.3) is 0 Å². The van der Waals surface area contributed by atoms with Crippen LogP contribution >= 0.6 is 11.8 Å². The largest absolute Gasteiger partial charge is 0.497 e. The van der Waals surface area contributed by atoms with Gasteiger partial charge in [0.2, 0.25) is 0 Å². The van der Waals surface area contributed by atoms with Crippen LogP contribution in [0.4, 0.5) is 5.82 Å². The van der Waals surface area contributed by atoms with E-state index in [-0.39, 0.29) is 0 Å². The number of methoxy groups -OCH3 is 1. The second kappa shape index (κ2) is 6.02. The number of hydrazine groups is 1. The number of thioether (sulfide) groups is 1. The van der Waals surface area contributed by atoms with Crippen molar-refractivity contribution in [2.75, 3.05) is 12.5 Å². The standard InChI is InChI=1S/C14H15N5OS/c1-20-10-3-4-11-12(6-10)18-14(17-11)21-8-9-2-5-13(19-15)16-7-9/h2-7H,8,15H2,1H3,(H,16,19)(H,17,18). The number of rotatable bonds is 5. The number of fused-ring (bicyclic) bond motifs is 1. The average Bonchev–Trinajstić information content (AvgIpc) is 2.95. The molecule has 0 saturated heterocycles. The molecule has 1 aromatic carbocycles. The summed E-state index contributed by atoms with van der Waals surface area (Å²) in [5, 5.41) is 0.874. The Kier molecular flexibility index (Phi) is 3.94. The number of hydrogen-bond acceptors (Lipinski definition) is 6. The Morgan fingerprint density at radius 3 is 2.95 bits per heavy atom. The lowest BCUT2D eigenvalue weighted by Crippen LogP contribution is -2.08. The highest BCUT2D eigenvalue weighted by Gasteiger charge is 2.05.